The van der Waals surface area contributed by atoms with E-state index in [0.717, 1.165) is 22.6 Å². The molecule has 4 rings (SSSR count). The van der Waals surface area contributed by atoms with Crippen molar-refractivity contribution in [1.29, 1.82) is 0 Å². The highest BCUT2D eigenvalue weighted by molar-refractivity contribution is 6.75. The fourth-order valence-electron chi connectivity index (χ4n) is 5.32. The SMILES string of the molecule is COC(=O)CN(C(=O)Oc1ccc(F)c(C)c1)[C@@H](C)c1ccc(O[Si](C)(C)C(C)(C)C)cc1.COC(=O)CN[C@@H](C)c1ccc(O[Si](C)(C)C(C)(C)C)cc1.Cc1cc(OC(=O)Cl)ccc1F. The summed E-state index contributed by atoms with van der Waals surface area (Å²) in [6, 6.07) is 23.1. The first-order chi connectivity index (χ1) is 30.9. The van der Waals surface area contributed by atoms with Crippen molar-refractivity contribution in [2.45, 2.75) is 118 Å². The number of amides is 1. The van der Waals surface area contributed by atoms with E-state index in [1.54, 1.807) is 20.8 Å². The molecule has 0 spiro atoms. The lowest BCUT2D eigenvalue weighted by molar-refractivity contribution is -0.142. The average Bonchev–Trinajstić information content (AvgIpc) is 3.23. The van der Waals surface area contributed by atoms with Gasteiger partial charge in [0.1, 0.15) is 41.2 Å². The summed E-state index contributed by atoms with van der Waals surface area (Å²) in [5.41, 5.74) is 1.75. The number of nitrogens with one attached hydrogen (secondary N) is 1. The Balaban J connectivity index is 0.000000387. The highest BCUT2D eigenvalue weighted by Crippen LogP contribution is 2.39. The van der Waals surface area contributed by atoms with E-state index in [-0.39, 0.29) is 52.5 Å². The van der Waals surface area contributed by atoms with Gasteiger partial charge < -0.3 is 33.1 Å². The molecule has 0 aliphatic carbocycles. The van der Waals surface area contributed by atoms with Crippen molar-refractivity contribution in [1.82, 2.24) is 10.2 Å². The van der Waals surface area contributed by atoms with Crippen LogP contribution in [-0.4, -0.2) is 72.3 Å². The van der Waals surface area contributed by atoms with Crippen LogP contribution >= 0.6 is 11.6 Å². The number of esters is 2. The zero-order chi connectivity index (χ0) is 51.1. The number of hydrogen-bond donors (Lipinski definition) is 1. The number of ether oxygens (including phenoxy) is 4. The number of aryl methyl sites for hydroxylation is 2. The normalized spacial score (nSPS) is 12.4. The zero-order valence-corrected chi connectivity index (χ0v) is 44.6. The molecule has 4 aromatic carbocycles. The number of rotatable bonds is 14. The summed E-state index contributed by atoms with van der Waals surface area (Å²) in [6.45, 7) is 28.9. The third-order valence-electron chi connectivity index (χ3n) is 11.8. The van der Waals surface area contributed by atoms with Crippen LogP contribution < -0.4 is 23.6 Å². The number of carbonyl (C=O) groups is 4. The maximum Gasteiger partial charge on any atom is 0.416 e. The van der Waals surface area contributed by atoms with Crippen molar-refractivity contribution in [3.05, 3.63) is 119 Å². The molecule has 0 heterocycles. The first kappa shape index (κ1) is 57.8. The Kier molecular flexibility index (Phi) is 21.7. The summed E-state index contributed by atoms with van der Waals surface area (Å²) in [5.74, 6) is 0.542. The van der Waals surface area contributed by atoms with E-state index >= 15 is 0 Å². The highest BCUT2D eigenvalue weighted by atomic mass is 35.5. The maximum absolute atomic E-state index is 13.5. The lowest BCUT2D eigenvalue weighted by Gasteiger charge is -2.36. The largest absolute Gasteiger partial charge is 0.544 e. The van der Waals surface area contributed by atoms with Crippen LogP contribution in [0.4, 0.5) is 18.4 Å². The van der Waals surface area contributed by atoms with Crippen LogP contribution in [-0.2, 0) is 19.1 Å². The minimum Gasteiger partial charge on any atom is -0.544 e. The summed E-state index contributed by atoms with van der Waals surface area (Å²) < 4.78 is 58.1. The molecule has 0 fully saturated rings. The number of halogens is 3. The van der Waals surface area contributed by atoms with Crippen molar-refractivity contribution >= 4 is 51.7 Å². The van der Waals surface area contributed by atoms with Gasteiger partial charge in [-0.25, -0.2) is 18.4 Å². The standard InChI is InChI=1S/C25H34FNO5Si.C17H29NO3Si.C8H6ClFO2/c1-17-15-21(13-14-22(17)26)31-24(29)27(16-23(28)30-6)18(2)19-9-11-20(12-10-19)32-33(7,8)25(3,4)5;1-13(18-12-16(19)20-5)14-8-10-15(11-9-14)21-22(6,7)17(2,3)4;1-5-4-6(12-8(9)11)2-3-7(5)10/h9-15,18H,16H2,1-8H3;8-11,13,18H,12H2,1-7H3;2-4H,1H3/t18-;13-;/m00./s1. The van der Waals surface area contributed by atoms with Gasteiger partial charge in [-0.2, -0.15) is 0 Å². The molecule has 0 bridgehead atoms. The predicted molar refractivity (Wildman–Crippen MR) is 264 cm³/mol. The Hall–Kier alpha value is -5.30. The van der Waals surface area contributed by atoms with Crippen LogP contribution in [0.2, 0.25) is 36.3 Å². The summed E-state index contributed by atoms with van der Waals surface area (Å²) >= 11 is 4.95. The van der Waals surface area contributed by atoms with Gasteiger partial charge in [-0.3, -0.25) is 14.5 Å². The van der Waals surface area contributed by atoms with Gasteiger partial charge >= 0.3 is 23.5 Å². The second-order valence-electron chi connectivity index (χ2n) is 19.0. The lowest BCUT2D eigenvalue weighted by atomic mass is 10.1. The molecule has 1 N–H and O–H groups in total. The van der Waals surface area contributed by atoms with Crippen LogP contribution in [0.5, 0.6) is 23.0 Å². The summed E-state index contributed by atoms with van der Waals surface area (Å²) in [4.78, 5) is 47.6. The molecule has 12 nitrogen and oxygen atoms in total. The predicted octanol–water partition coefficient (Wildman–Crippen LogP) is 13.0. The first-order valence-corrected chi connectivity index (χ1v) is 27.9. The highest BCUT2D eigenvalue weighted by Gasteiger charge is 2.40. The Bertz CT molecular complexity index is 2270. The average molecular weight is 988 g/mol. The molecule has 2 atom stereocenters. The molecular formula is C50H69ClF2N2O10Si2. The van der Waals surface area contributed by atoms with E-state index in [1.807, 2.05) is 55.5 Å². The Labute approximate surface area is 402 Å². The fraction of sp³-hybridized carbons (Fsp3) is 0.440. The molecule has 0 saturated heterocycles. The van der Waals surface area contributed by atoms with Crippen LogP contribution in [0, 0.1) is 25.5 Å². The Morgan fingerprint density at radius 3 is 1.39 bits per heavy atom. The molecule has 0 aliphatic heterocycles. The van der Waals surface area contributed by atoms with Gasteiger partial charge in [-0.1, -0.05) is 65.8 Å². The number of hydrogen-bond acceptors (Lipinski definition) is 11. The molecule has 17 heteroatoms. The first-order valence-electron chi connectivity index (χ1n) is 21.7. The summed E-state index contributed by atoms with van der Waals surface area (Å²) in [5, 5.41) is 3.38. The monoisotopic (exact) mass is 986 g/mol. The van der Waals surface area contributed by atoms with E-state index in [4.69, 9.17) is 29.9 Å². The minimum atomic E-state index is -1.98. The number of benzene rings is 4. The number of methoxy groups -OCH3 is 2. The van der Waals surface area contributed by atoms with Crippen LogP contribution in [0.15, 0.2) is 84.9 Å². The molecule has 0 aromatic heterocycles. The van der Waals surface area contributed by atoms with Crippen molar-refractivity contribution in [3.8, 4) is 23.0 Å². The summed E-state index contributed by atoms with van der Waals surface area (Å²) in [6.07, 6.45) is -0.736. The van der Waals surface area contributed by atoms with Crippen LogP contribution in [0.25, 0.3) is 0 Å². The third-order valence-corrected chi connectivity index (χ3v) is 20.6. The van der Waals surface area contributed by atoms with Gasteiger partial charge in [0, 0.05) is 17.6 Å². The number of carbonyl (C=O) groups excluding carboxylic acids is 4. The van der Waals surface area contributed by atoms with E-state index in [1.165, 1.54) is 55.5 Å². The van der Waals surface area contributed by atoms with Gasteiger partial charge in [0.25, 0.3) is 0 Å². The molecule has 0 saturated carbocycles. The van der Waals surface area contributed by atoms with Crippen molar-refractivity contribution < 1.29 is 55.8 Å². The summed E-state index contributed by atoms with van der Waals surface area (Å²) in [7, 11) is -1.14. The fourth-order valence-corrected chi connectivity index (χ4v) is 7.47. The van der Waals surface area contributed by atoms with E-state index in [0.29, 0.717) is 11.1 Å². The van der Waals surface area contributed by atoms with Crippen LogP contribution in [0.1, 0.15) is 89.7 Å². The molecule has 1 amide bonds. The van der Waals surface area contributed by atoms with Gasteiger partial charge in [-0.15, -0.1) is 0 Å². The quantitative estimate of drug-likeness (QED) is 0.0734. The molecule has 368 valence electrons. The van der Waals surface area contributed by atoms with E-state index in [2.05, 4.69) is 82.5 Å². The van der Waals surface area contributed by atoms with E-state index in [9.17, 15) is 28.0 Å². The van der Waals surface area contributed by atoms with Crippen molar-refractivity contribution in [2.75, 3.05) is 27.3 Å². The lowest BCUT2D eigenvalue weighted by Crippen LogP contribution is -2.43. The zero-order valence-electron chi connectivity index (χ0n) is 41.8. The molecular weight excluding hydrogens is 918 g/mol. The molecule has 4 aromatic rings. The minimum absolute atomic E-state index is 0.0682. The third kappa shape index (κ3) is 18.7. The molecule has 0 aliphatic rings. The van der Waals surface area contributed by atoms with Gasteiger partial charge in [-0.05, 0) is 147 Å². The molecule has 0 unspecified atom stereocenters. The molecule has 67 heavy (non-hydrogen) atoms. The second-order valence-corrected chi connectivity index (χ2v) is 28.7. The van der Waals surface area contributed by atoms with Crippen molar-refractivity contribution in [2.24, 2.45) is 0 Å². The van der Waals surface area contributed by atoms with Gasteiger partial charge in [0.05, 0.1) is 26.8 Å². The Morgan fingerprint density at radius 1 is 0.627 bits per heavy atom. The topological polar surface area (TPSA) is 139 Å². The smallest absolute Gasteiger partial charge is 0.416 e. The second kappa shape index (κ2) is 25.2. The Morgan fingerprint density at radius 2 is 1.01 bits per heavy atom. The van der Waals surface area contributed by atoms with Gasteiger partial charge in [0.2, 0.25) is 16.6 Å². The number of nitrogens with zero attached hydrogens (tertiary/aromatic N) is 1. The van der Waals surface area contributed by atoms with Gasteiger partial charge in [0.15, 0.2) is 0 Å². The molecule has 0 radical (unpaired) electrons. The van der Waals surface area contributed by atoms with Crippen LogP contribution in [0.3, 0.4) is 0 Å². The van der Waals surface area contributed by atoms with Crippen molar-refractivity contribution in [3.63, 3.8) is 0 Å². The van der Waals surface area contributed by atoms with E-state index < -0.39 is 46.0 Å². The maximum atomic E-state index is 13.5.